The summed E-state index contributed by atoms with van der Waals surface area (Å²) in [4.78, 5) is 18.3. The Balaban J connectivity index is 2.06. The quantitative estimate of drug-likeness (QED) is 0.919. The van der Waals surface area contributed by atoms with Gasteiger partial charge in [-0.05, 0) is 42.8 Å². The van der Waals surface area contributed by atoms with Gasteiger partial charge in [0.1, 0.15) is 5.76 Å². The molecule has 2 heterocycles. The molecule has 4 nitrogen and oxygen atoms in total. The SMILES string of the molecule is CC1C=C(O)c2ccccc2N(Cc2ccncc2)C1=O. The lowest BCUT2D eigenvalue weighted by Gasteiger charge is -2.24. The molecule has 1 amide bonds. The van der Waals surface area contributed by atoms with Crippen molar-refractivity contribution in [1.82, 2.24) is 4.98 Å². The van der Waals surface area contributed by atoms with E-state index in [1.165, 1.54) is 0 Å². The van der Waals surface area contributed by atoms with E-state index in [1.54, 1.807) is 30.3 Å². The molecular weight excluding hydrogens is 264 g/mol. The largest absolute Gasteiger partial charge is 0.508 e. The van der Waals surface area contributed by atoms with Crippen LogP contribution in [0.25, 0.3) is 5.76 Å². The zero-order valence-electron chi connectivity index (χ0n) is 11.7. The smallest absolute Gasteiger partial charge is 0.234 e. The van der Waals surface area contributed by atoms with Crippen LogP contribution in [0.4, 0.5) is 5.69 Å². The summed E-state index contributed by atoms with van der Waals surface area (Å²) in [6.07, 6.45) is 5.03. The number of benzene rings is 1. The fourth-order valence-electron chi connectivity index (χ4n) is 2.52. The molecule has 1 N–H and O–H groups in total. The van der Waals surface area contributed by atoms with Crippen LogP contribution in [0.3, 0.4) is 0 Å². The normalized spacial score (nSPS) is 18.0. The minimum Gasteiger partial charge on any atom is -0.508 e. The molecule has 1 unspecified atom stereocenters. The van der Waals surface area contributed by atoms with E-state index in [1.807, 2.05) is 36.4 Å². The Morgan fingerprint density at radius 1 is 1.19 bits per heavy atom. The lowest BCUT2D eigenvalue weighted by Crippen LogP contribution is -2.33. The molecule has 0 saturated heterocycles. The van der Waals surface area contributed by atoms with Gasteiger partial charge >= 0.3 is 0 Å². The number of hydrogen-bond donors (Lipinski definition) is 1. The lowest BCUT2D eigenvalue weighted by atomic mass is 10.1. The summed E-state index contributed by atoms with van der Waals surface area (Å²) in [6.45, 7) is 2.26. The van der Waals surface area contributed by atoms with Gasteiger partial charge in [0.25, 0.3) is 0 Å². The highest BCUT2D eigenvalue weighted by atomic mass is 16.3. The number of fused-ring (bicyclic) bond motifs is 1. The molecule has 106 valence electrons. The van der Waals surface area contributed by atoms with Gasteiger partial charge < -0.3 is 10.0 Å². The number of anilines is 1. The van der Waals surface area contributed by atoms with Crippen molar-refractivity contribution in [1.29, 1.82) is 0 Å². The zero-order valence-corrected chi connectivity index (χ0v) is 11.7. The van der Waals surface area contributed by atoms with Crippen molar-refractivity contribution < 1.29 is 9.90 Å². The number of para-hydroxylation sites is 1. The highest BCUT2D eigenvalue weighted by Crippen LogP contribution is 2.32. The molecule has 2 aromatic rings. The van der Waals surface area contributed by atoms with Crippen LogP contribution in [0.5, 0.6) is 0 Å². The maximum Gasteiger partial charge on any atom is 0.234 e. The Morgan fingerprint density at radius 3 is 2.67 bits per heavy atom. The van der Waals surface area contributed by atoms with Crippen LogP contribution in [0.1, 0.15) is 18.1 Å². The Hall–Kier alpha value is -2.62. The average molecular weight is 280 g/mol. The molecule has 1 aromatic carbocycles. The first-order valence-corrected chi connectivity index (χ1v) is 6.87. The Morgan fingerprint density at radius 2 is 1.90 bits per heavy atom. The van der Waals surface area contributed by atoms with Crippen molar-refractivity contribution in [2.45, 2.75) is 13.5 Å². The minimum absolute atomic E-state index is 0.0247. The zero-order chi connectivity index (χ0) is 14.8. The second-order valence-corrected chi connectivity index (χ2v) is 5.14. The first-order chi connectivity index (χ1) is 10.2. The van der Waals surface area contributed by atoms with Crippen molar-refractivity contribution in [3.63, 3.8) is 0 Å². The second-order valence-electron chi connectivity index (χ2n) is 5.14. The van der Waals surface area contributed by atoms with Crippen LogP contribution in [-0.4, -0.2) is 16.0 Å². The van der Waals surface area contributed by atoms with E-state index < -0.39 is 0 Å². The predicted molar refractivity (Wildman–Crippen MR) is 81.6 cm³/mol. The third kappa shape index (κ3) is 2.52. The highest BCUT2D eigenvalue weighted by molar-refractivity contribution is 6.00. The van der Waals surface area contributed by atoms with Crippen molar-refractivity contribution in [2.24, 2.45) is 5.92 Å². The number of rotatable bonds is 2. The van der Waals surface area contributed by atoms with Crippen LogP contribution in [0.15, 0.2) is 54.9 Å². The van der Waals surface area contributed by atoms with Crippen LogP contribution in [0.2, 0.25) is 0 Å². The predicted octanol–water partition coefficient (Wildman–Crippen LogP) is 3.16. The van der Waals surface area contributed by atoms with Crippen molar-refractivity contribution in [2.75, 3.05) is 4.90 Å². The number of carbonyl (C=O) groups is 1. The van der Waals surface area contributed by atoms with Gasteiger partial charge in [0.2, 0.25) is 5.91 Å². The van der Waals surface area contributed by atoms with Gasteiger partial charge in [-0.25, -0.2) is 0 Å². The summed E-state index contributed by atoms with van der Waals surface area (Å²) < 4.78 is 0. The lowest BCUT2D eigenvalue weighted by molar-refractivity contribution is -0.120. The molecule has 0 bridgehead atoms. The van der Waals surface area contributed by atoms with Crippen LogP contribution >= 0.6 is 0 Å². The van der Waals surface area contributed by atoms with Gasteiger partial charge in [0, 0.05) is 18.0 Å². The van der Waals surface area contributed by atoms with Crippen LogP contribution in [-0.2, 0) is 11.3 Å². The number of carbonyl (C=O) groups excluding carboxylic acids is 1. The van der Waals surface area contributed by atoms with Crippen molar-refractivity contribution in [3.05, 3.63) is 66.0 Å². The third-order valence-electron chi connectivity index (χ3n) is 3.62. The van der Waals surface area contributed by atoms with E-state index in [0.717, 1.165) is 11.3 Å². The molecule has 1 atom stereocenters. The van der Waals surface area contributed by atoms with E-state index in [0.29, 0.717) is 12.1 Å². The topological polar surface area (TPSA) is 53.4 Å². The maximum absolute atomic E-state index is 12.6. The Kier molecular flexibility index (Phi) is 3.44. The first-order valence-electron chi connectivity index (χ1n) is 6.87. The Bertz CT molecular complexity index is 695. The highest BCUT2D eigenvalue weighted by Gasteiger charge is 2.27. The van der Waals surface area contributed by atoms with E-state index in [2.05, 4.69) is 4.98 Å². The maximum atomic E-state index is 12.6. The molecule has 0 spiro atoms. The standard InChI is InChI=1S/C17H16N2O2/c1-12-10-16(20)14-4-2-3-5-15(14)19(17(12)21)11-13-6-8-18-9-7-13/h2-10,12,20H,11H2,1H3. The molecular formula is C17H16N2O2. The summed E-state index contributed by atoms with van der Waals surface area (Å²) in [5.41, 5.74) is 2.42. The molecule has 1 aliphatic rings. The number of hydrogen-bond acceptors (Lipinski definition) is 3. The number of aliphatic hydroxyl groups excluding tert-OH is 1. The van der Waals surface area contributed by atoms with E-state index in [-0.39, 0.29) is 17.6 Å². The van der Waals surface area contributed by atoms with Crippen LogP contribution in [0, 0.1) is 5.92 Å². The summed E-state index contributed by atoms with van der Waals surface area (Å²) in [5, 5.41) is 10.2. The summed E-state index contributed by atoms with van der Waals surface area (Å²) in [6, 6.07) is 11.2. The number of amides is 1. The number of pyridine rings is 1. The number of nitrogens with zero attached hydrogens (tertiary/aromatic N) is 2. The third-order valence-corrected chi connectivity index (χ3v) is 3.62. The second kappa shape index (κ2) is 5.40. The van der Waals surface area contributed by atoms with Crippen molar-refractivity contribution in [3.8, 4) is 0 Å². The molecule has 3 rings (SSSR count). The van der Waals surface area contributed by atoms with Gasteiger partial charge in [-0.15, -0.1) is 0 Å². The Labute approximate surface area is 123 Å². The van der Waals surface area contributed by atoms with Gasteiger partial charge in [0.15, 0.2) is 0 Å². The van der Waals surface area contributed by atoms with Gasteiger partial charge in [-0.1, -0.05) is 12.1 Å². The fraction of sp³-hybridized carbons (Fsp3) is 0.176. The minimum atomic E-state index is -0.362. The number of aliphatic hydroxyl groups is 1. The summed E-state index contributed by atoms with van der Waals surface area (Å²) in [7, 11) is 0. The first kappa shape index (κ1) is 13.4. The summed E-state index contributed by atoms with van der Waals surface area (Å²) in [5.74, 6) is -0.230. The van der Waals surface area contributed by atoms with E-state index in [9.17, 15) is 9.90 Å². The van der Waals surface area contributed by atoms with Crippen molar-refractivity contribution >= 4 is 17.4 Å². The van der Waals surface area contributed by atoms with Crippen LogP contribution < -0.4 is 4.90 Å². The summed E-state index contributed by atoms with van der Waals surface area (Å²) >= 11 is 0. The fourth-order valence-corrected chi connectivity index (χ4v) is 2.52. The molecule has 0 aliphatic carbocycles. The molecule has 4 heteroatoms. The van der Waals surface area contributed by atoms with Gasteiger partial charge in [-0.3, -0.25) is 9.78 Å². The van der Waals surface area contributed by atoms with E-state index >= 15 is 0 Å². The van der Waals surface area contributed by atoms with E-state index in [4.69, 9.17) is 0 Å². The average Bonchev–Trinajstić information content (AvgIpc) is 2.60. The molecule has 0 fully saturated rings. The molecule has 0 radical (unpaired) electrons. The monoisotopic (exact) mass is 280 g/mol. The molecule has 1 aliphatic heterocycles. The number of aromatic nitrogens is 1. The van der Waals surface area contributed by atoms with Gasteiger partial charge in [0.05, 0.1) is 18.2 Å². The molecule has 21 heavy (non-hydrogen) atoms. The molecule has 1 aromatic heterocycles. The molecule has 0 saturated carbocycles. The van der Waals surface area contributed by atoms with Gasteiger partial charge in [-0.2, -0.15) is 0 Å².